The number of carbonyl (C=O) groups is 1. The third-order valence-corrected chi connectivity index (χ3v) is 7.81. The van der Waals surface area contributed by atoms with E-state index in [2.05, 4.69) is 17.2 Å². The largest absolute Gasteiger partial charge is 0.450 e. The average molecular weight is 362 g/mol. The van der Waals surface area contributed by atoms with E-state index in [0.29, 0.717) is 12.0 Å². The maximum atomic E-state index is 11.9. The highest BCUT2D eigenvalue weighted by molar-refractivity contribution is 7.09. The van der Waals surface area contributed by atoms with Crippen LogP contribution < -0.4 is 0 Å². The third-order valence-electron chi connectivity index (χ3n) is 7.02. The van der Waals surface area contributed by atoms with Crippen LogP contribution in [-0.2, 0) is 4.74 Å². The predicted octanol–water partition coefficient (Wildman–Crippen LogP) is 3.11. The first-order valence-corrected chi connectivity index (χ1v) is 10.5. The second-order valence-corrected chi connectivity index (χ2v) is 9.59. The Labute approximate surface area is 153 Å². The van der Waals surface area contributed by atoms with Gasteiger partial charge in [0.25, 0.3) is 0 Å². The Morgan fingerprint density at radius 2 is 2.16 bits per heavy atom. The minimum Gasteiger partial charge on any atom is -0.450 e. The summed E-state index contributed by atoms with van der Waals surface area (Å²) in [7, 11) is 0. The number of carbonyl (C=O) groups excluding carboxylic acids is 1. The summed E-state index contributed by atoms with van der Waals surface area (Å²) in [6, 6.07) is 0.743. The third kappa shape index (κ3) is 2.60. The van der Waals surface area contributed by atoms with E-state index >= 15 is 0 Å². The standard InChI is InChI=1S/C19H27N3O2S/c1-3-24-18(23)21-5-4-19(11-21)6-13(7-19)22-8-14-15(9-22)17(14)16-10-25-12(2)20-16/h10,13-15,17H,3-9,11H2,1-2H3/t13?,14-,15+,17?,19?. The maximum Gasteiger partial charge on any atom is 0.409 e. The van der Waals surface area contributed by atoms with Crippen molar-refractivity contribution in [3.8, 4) is 0 Å². The lowest BCUT2D eigenvalue weighted by molar-refractivity contribution is 0.0117. The zero-order chi connectivity index (χ0) is 17.2. The first-order valence-electron chi connectivity index (χ1n) is 9.66. The molecule has 4 fully saturated rings. The lowest BCUT2D eigenvalue weighted by Gasteiger charge is -2.49. The number of thiazole rings is 1. The van der Waals surface area contributed by atoms with Crippen LogP contribution in [0.5, 0.6) is 0 Å². The van der Waals surface area contributed by atoms with Crippen LogP contribution in [0.4, 0.5) is 4.79 Å². The summed E-state index contributed by atoms with van der Waals surface area (Å²) in [5.74, 6) is 2.43. The second kappa shape index (κ2) is 5.68. The number of fused-ring (bicyclic) bond motifs is 1. The fourth-order valence-corrected chi connectivity index (χ4v) is 6.33. The second-order valence-electron chi connectivity index (χ2n) is 8.53. The van der Waals surface area contributed by atoms with Gasteiger partial charge in [-0.2, -0.15) is 0 Å². The summed E-state index contributed by atoms with van der Waals surface area (Å²) < 4.78 is 5.16. The molecule has 6 heteroatoms. The molecular formula is C19H27N3O2S. The van der Waals surface area contributed by atoms with E-state index < -0.39 is 0 Å². The summed E-state index contributed by atoms with van der Waals surface area (Å²) in [6.45, 7) is 8.76. The van der Waals surface area contributed by atoms with Crippen molar-refractivity contribution >= 4 is 17.4 Å². The summed E-state index contributed by atoms with van der Waals surface area (Å²) >= 11 is 1.79. The summed E-state index contributed by atoms with van der Waals surface area (Å²) in [4.78, 5) is 21.3. The van der Waals surface area contributed by atoms with E-state index in [0.717, 1.165) is 43.3 Å². The first-order chi connectivity index (χ1) is 12.1. The minimum atomic E-state index is -0.119. The van der Waals surface area contributed by atoms with Gasteiger partial charge in [0, 0.05) is 43.5 Å². The molecule has 4 aliphatic rings. The van der Waals surface area contributed by atoms with Crippen molar-refractivity contribution < 1.29 is 9.53 Å². The zero-order valence-corrected chi connectivity index (χ0v) is 15.9. The Hall–Kier alpha value is -1.14. The van der Waals surface area contributed by atoms with E-state index in [1.54, 1.807) is 11.3 Å². The quantitative estimate of drug-likeness (QED) is 0.830. The van der Waals surface area contributed by atoms with Gasteiger partial charge in [-0.3, -0.25) is 4.90 Å². The highest BCUT2D eigenvalue weighted by Crippen LogP contribution is 2.60. The van der Waals surface area contributed by atoms with Crippen molar-refractivity contribution in [1.82, 2.24) is 14.8 Å². The molecule has 5 rings (SSSR count). The summed E-state index contributed by atoms with van der Waals surface area (Å²) in [5, 5.41) is 3.47. The highest BCUT2D eigenvalue weighted by atomic mass is 32.1. The minimum absolute atomic E-state index is 0.119. The number of aryl methyl sites for hydroxylation is 1. The van der Waals surface area contributed by atoms with Gasteiger partial charge in [0.05, 0.1) is 17.3 Å². The maximum absolute atomic E-state index is 11.9. The molecule has 0 bridgehead atoms. The van der Waals surface area contributed by atoms with Gasteiger partial charge in [-0.1, -0.05) is 0 Å². The molecule has 3 heterocycles. The molecule has 0 radical (unpaired) electrons. The van der Waals surface area contributed by atoms with Crippen molar-refractivity contribution in [2.45, 2.75) is 45.1 Å². The molecule has 3 atom stereocenters. The number of ether oxygens (including phenoxy) is 1. The van der Waals surface area contributed by atoms with Gasteiger partial charge in [0.1, 0.15) is 0 Å². The summed E-state index contributed by atoms with van der Waals surface area (Å²) in [6.07, 6.45) is 3.57. The van der Waals surface area contributed by atoms with E-state index in [1.165, 1.54) is 36.6 Å². The van der Waals surface area contributed by atoms with Crippen LogP contribution in [0.25, 0.3) is 0 Å². The molecule has 2 aliphatic carbocycles. The Bertz CT molecular complexity index is 672. The fraction of sp³-hybridized carbons (Fsp3) is 0.789. The van der Waals surface area contributed by atoms with Gasteiger partial charge in [-0.15, -0.1) is 11.3 Å². The molecule has 2 aliphatic heterocycles. The van der Waals surface area contributed by atoms with Gasteiger partial charge in [0.15, 0.2) is 0 Å². The number of likely N-dealkylation sites (tertiary alicyclic amines) is 2. The summed E-state index contributed by atoms with van der Waals surface area (Å²) in [5.41, 5.74) is 1.73. The Morgan fingerprint density at radius 3 is 2.80 bits per heavy atom. The average Bonchev–Trinajstić information content (AvgIpc) is 3.02. The van der Waals surface area contributed by atoms with Gasteiger partial charge < -0.3 is 9.64 Å². The SMILES string of the molecule is CCOC(=O)N1CCC2(CC(N3C[C@@H]4C(c5csc(C)n5)[C@@H]4C3)C2)C1. The molecule has 1 aromatic rings. The molecule has 136 valence electrons. The molecule has 5 nitrogen and oxygen atoms in total. The first kappa shape index (κ1) is 16.1. The van der Waals surface area contributed by atoms with Gasteiger partial charge in [0.2, 0.25) is 0 Å². The molecule has 1 amide bonds. The number of piperidine rings is 1. The van der Waals surface area contributed by atoms with E-state index in [9.17, 15) is 4.79 Å². The van der Waals surface area contributed by atoms with Crippen LogP contribution in [0, 0.1) is 24.2 Å². The van der Waals surface area contributed by atoms with Crippen LogP contribution in [0.2, 0.25) is 0 Å². The van der Waals surface area contributed by atoms with Crippen molar-refractivity contribution in [3.63, 3.8) is 0 Å². The van der Waals surface area contributed by atoms with Crippen molar-refractivity contribution in [1.29, 1.82) is 0 Å². The van der Waals surface area contributed by atoms with Gasteiger partial charge in [-0.05, 0) is 50.4 Å². The predicted molar refractivity (Wildman–Crippen MR) is 96.8 cm³/mol. The topological polar surface area (TPSA) is 45.7 Å². The molecule has 1 spiro atoms. The lowest BCUT2D eigenvalue weighted by Crippen LogP contribution is -2.52. The van der Waals surface area contributed by atoms with Crippen LogP contribution in [0.3, 0.4) is 0 Å². The lowest BCUT2D eigenvalue weighted by atomic mass is 9.64. The molecule has 1 unspecified atom stereocenters. The number of hydrogen-bond donors (Lipinski definition) is 0. The molecule has 2 saturated carbocycles. The van der Waals surface area contributed by atoms with Crippen molar-refractivity contribution in [2.24, 2.45) is 17.3 Å². The van der Waals surface area contributed by atoms with Crippen LogP contribution >= 0.6 is 11.3 Å². The Morgan fingerprint density at radius 1 is 1.40 bits per heavy atom. The zero-order valence-electron chi connectivity index (χ0n) is 15.1. The molecule has 1 aromatic heterocycles. The number of nitrogens with zero attached hydrogens (tertiary/aromatic N) is 3. The van der Waals surface area contributed by atoms with E-state index in [1.807, 2.05) is 11.8 Å². The van der Waals surface area contributed by atoms with E-state index in [4.69, 9.17) is 9.72 Å². The number of hydrogen-bond acceptors (Lipinski definition) is 5. The van der Waals surface area contributed by atoms with Crippen LogP contribution in [0.1, 0.15) is 42.8 Å². The number of rotatable bonds is 3. The van der Waals surface area contributed by atoms with Crippen molar-refractivity contribution in [3.05, 3.63) is 16.1 Å². The number of aromatic nitrogens is 1. The van der Waals surface area contributed by atoms with Gasteiger partial charge in [-0.25, -0.2) is 9.78 Å². The Kier molecular flexibility index (Phi) is 3.65. The molecule has 25 heavy (non-hydrogen) atoms. The number of amides is 1. The fourth-order valence-electron chi connectivity index (χ4n) is 5.67. The smallest absolute Gasteiger partial charge is 0.409 e. The molecule has 2 saturated heterocycles. The van der Waals surface area contributed by atoms with Crippen LogP contribution in [-0.4, -0.2) is 59.7 Å². The molecular weight excluding hydrogens is 334 g/mol. The van der Waals surface area contributed by atoms with Crippen LogP contribution in [0.15, 0.2) is 5.38 Å². The van der Waals surface area contributed by atoms with Gasteiger partial charge >= 0.3 is 6.09 Å². The van der Waals surface area contributed by atoms with E-state index in [-0.39, 0.29) is 6.09 Å². The Balaban J connectivity index is 1.12. The monoisotopic (exact) mass is 361 g/mol. The van der Waals surface area contributed by atoms with Crippen molar-refractivity contribution in [2.75, 3.05) is 32.8 Å². The normalized spacial score (nSPS) is 39.5. The highest BCUT2D eigenvalue weighted by Gasteiger charge is 2.60. The molecule has 0 N–H and O–H groups in total. The molecule has 0 aromatic carbocycles.